The van der Waals surface area contributed by atoms with Crippen LogP contribution in [0.25, 0.3) is 0 Å². The van der Waals surface area contributed by atoms with Crippen LogP contribution < -0.4 is 5.32 Å². The maximum Gasteiger partial charge on any atom is 0.157 e. The monoisotopic (exact) mass is 238 g/mol. The summed E-state index contributed by atoms with van der Waals surface area (Å²) >= 11 is 2.01. The molecule has 3 heterocycles. The van der Waals surface area contributed by atoms with E-state index in [0.717, 1.165) is 30.5 Å². The zero-order valence-electron chi connectivity index (χ0n) is 9.62. The fourth-order valence-electron chi connectivity index (χ4n) is 2.46. The Morgan fingerprint density at radius 3 is 3.12 bits per heavy atom. The molecule has 0 saturated carbocycles. The first kappa shape index (κ1) is 10.6. The van der Waals surface area contributed by atoms with Crippen LogP contribution in [-0.2, 0) is 5.41 Å². The Morgan fingerprint density at radius 1 is 1.50 bits per heavy atom. The van der Waals surface area contributed by atoms with Crippen LogP contribution in [0, 0.1) is 0 Å². The molecule has 0 aromatic carbocycles. The highest BCUT2D eigenvalue weighted by Gasteiger charge is 2.35. The molecule has 5 heteroatoms. The van der Waals surface area contributed by atoms with Gasteiger partial charge in [-0.15, -0.1) is 0 Å². The van der Waals surface area contributed by atoms with Gasteiger partial charge in [-0.05, 0) is 25.1 Å². The summed E-state index contributed by atoms with van der Waals surface area (Å²) in [6.07, 6.45) is 2.39. The van der Waals surface area contributed by atoms with Crippen LogP contribution in [-0.4, -0.2) is 39.8 Å². The number of nitrogens with zero attached hydrogens (tertiary/aromatic N) is 2. The molecule has 2 unspecified atom stereocenters. The Labute approximate surface area is 100.0 Å². The molecule has 2 atom stereocenters. The summed E-state index contributed by atoms with van der Waals surface area (Å²) in [5, 5.41) is 10.9. The first-order valence-corrected chi connectivity index (χ1v) is 7.15. The summed E-state index contributed by atoms with van der Waals surface area (Å²) in [6.45, 7) is 4.43. The normalized spacial score (nSPS) is 34.7. The zero-order valence-corrected chi connectivity index (χ0v) is 10.4. The van der Waals surface area contributed by atoms with Gasteiger partial charge >= 0.3 is 0 Å². The van der Waals surface area contributed by atoms with E-state index in [1.807, 2.05) is 11.8 Å². The van der Waals surface area contributed by atoms with Gasteiger partial charge in [-0.1, -0.05) is 6.92 Å². The Hall–Kier alpha value is -0.550. The molecule has 1 aromatic heterocycles. The van der Waals surface area contributed by atoms with E-state index < -0.39 is 0 Å². The van der Waals surface area contributed by atoms with Crippen LogP contribution in [0.1, 0.15) is 37.3 Å². The molecule has 4 nitrogen and oxygen atoms in total. The molecule has 2 saturated heterocycles. The van der Waals surface area contributed by atoms with Gasteiger partial charge in [0.25, 0.3) is 0 Å². The van der Waals surface area contributed by atoms with Crippen molar-refractivity contribution in [2.45, 2.75) is 31.1 Å². The van der Waals surface area contributed by atoms with E-state index in [1.165, 1.54) is 18.6 Å². The largest absolute Gasteiger partial charge is 0.316 e. The second kappa shape index (κ2) is 4.04. The van der Waals surface area contributed by atoms with Crippen molar-refractivity contribution in [3.8, 4) is 0 Å². The van der Waals surface area contributed by atoms with Gasteiger partial charge in [-0.25, -0.2) is 4.98 Å². The third-order valence-electron chi connectivity index (χ3n) is 3.71. The van der Waals surface area contributed by atoms with Crippen molar-refractivity contribution in [1.82, 2.24) is 20.5 Å². The van der Waals surface area contributed by atoms with E-state index in [9.17, 15) is 0 Å². The molecule has 0 amide bonds. The predicted octanol–water partition coefficient (Wildman–Crippen LogP) is 1.28. The van der Waals surface area contributed by atoms with Crippen LogP contribution in [0.15, 0.2) is 0 Å². The molecule has 1 aromatic rings. The molecule has 16 heavy (non-hydrogen) atoms. The Morgan fingerprint density at radius 2 is 2.44 bits per heavy atom. The van der Waals surface area contributed by atoms with Crippen molar-refractivity contribution in [3.05, 3.63) is 11.6 Å². The number of rotatable bonds is 2. The molecule has 0 spiro atoms. The second-order valence-electron chi connectivity index (χ2n) is 5.10. The van der Waals surface area contributed by atoms with Gasteiger partial charge in [0.2, 0.25) is 0 Å². The minimum Gasteiger partial charge on any atom is -0.316 e. The number of aromatic amines is 1. The van der Waals surface area contributed by atoms with Gasteiger partial charge in [0, 0.05) is 23.6 Å². The number of hydrogen-bond acceptors (Lipinski definition) is 4. The van der Waals surface area contributed by atoms with E-state index in [4.69, 9.17) is 4.98 Å². The number of thioether (sulfide) groups is 1. The Balaban J connectivity index is 1.81. The fraction of sp³-hybridized carbons (Fsp3) is 0.818. The molecule has 0 radical (unpaired) electrons. The van der Waals surface area contributed by atoms with Gasteiger partial charge < -0.3 is 5.32 Å². The summed E-state index contributed by atoms with van der Waals surface area (Å²) in [7, 11) is 0. The lowest BCUT2D eigenvalue weighted by molar-refractivity contribution is 0.505. The van der Waals surface area contributed by atoms with Crippen molar-refractivity contribution < 1.29 is 0 Å². The van der Waals surface area contributed by atoms with Crippen LogP contribution in [0.2, 0.25) is 0 Å². The maximum atomic E-state index is 4.73. The van der Waals surface area contributed by atoms with E-state index >= 15 is 0 Å². The van der Waals surface area contributed by atoms with E-state index in [1.54, 1.807) is 0 Å². The SMILES string of the molecule is CC1(c2n[nH]c(C3CCNC3)n2)CCSC1. The summed E-state index contributed by atoms with van der Waals surface area (Å²) in [5.41, 5.74) is 0.200. The lowest BCUT2D eigenvalue weighted by Crippen LogP contribution is -2.22. The number of nitrogens with one attached hydrogen (secondary N) is 2. The zero-order chi connectivity index (χ0) is 11.0. The maximum absolute atomic E-state index is 4.73. The van der Waals surface area contributed by atoms with Crippen LogP contribution in [0.5, 0.6) is 0 Å². The minimum atomic E-state index is 0.200. The summed E-state index contributed by atoms with van der Waals surface area (Å²) in [5.74, 6) is 5.05. The third-order valence-corrected chi connectivity index (χ3v) is 5.04. The second-order valence-corrected chi connectivity index (χ2v) is 6.20. The Bertz CT molecular complexity index is 364. The van der Waals surface area contributed by atoms with Crippen LogP contribution >= 0.6 is 11.8 Å². The van der Waals surface area contributed by atoms with E-state index in [-0.39, 0.29) is 5.41 Å². The molecule has 3 rings (SSSR count). The first-order chi connectivity index (χ1) is 7.78. The minimum absolute atomic E-state index is 0.200. The van der Waals surface area contributed by atoms with E-state index in [0.29, 0.717) is 5.92 Å². The van der Waals surface area contributed by atoms with Gasteiger partial charge in [0.05, 0.1) is 0 Å². The van der Waals surface area contributed by atoms with Gasteiger partial charge in [0.1, 0.15) is 5.82 Å². The van der Waals surface area contributed by atoms with Crippen molar-refractivity contribution in [2.75, 3.05) is 24.6 Å². The molecule has 2 N–H and O–H groups in total. The number of aromatic nitrogens is 3. The molecule has 2 aliphatic rings. The average molecular weight is 238 g/mol. The highest BCUT2D eigenvalue weighted by molar-refractivity contribution is 7.99. The molecule has 0 aliphatic carbocycles. The molecular weight excluding hydrogens is 220 g/mol. The summed E-state index contributed by atoms with van der Waals surface area (Å²) in [6, 6.07) is 0. The fourth-order valence-corrected chi connectivity index (χ4v) is 3.92. The quantitative estimate of drug-likeness (QED) is 0.815. The highest BCUT2D eigenvalue weighted by Crippen LogP contribution is 2.37. The van der Waals surface area contributed by atoms with Gasteiger partial charge in [-0.2, -0.15) is 16.9 Å². The first-order valence-electron chi connectivity index (χ1n) is 5.99. The van der Waals surface area contributed by atoms with Crippen molar-refractivity contribution in [1.29, 1.82) is 0 Å². The molecule has 2 fully saturated rings. The van der Waals surface area contributed by atoms with Gasteiger partial charge in [-0.3, -0.25) is 5.10 Å². The Kier molecular flexibility index (Phi) is 2.67. The molecule has 0 bridgehead atoms. The topological polar surface area (TPSA) is 53.6 Å². The van der Waals surface area contributed by atoms with Crippen LogP contribution in [0.3, 0.4) is 0 Å². The standard InChI is InChI=1S/C11H18N4S/c1-11(3-5-16-7-11)10-13-9(14-15-10)8-2-4-12-6-8/h8,12H,2-7H2,1H3,(H,13,14,15). The molecule has 2 aliphatic heterocycles. The highest BCUT2D eigenvalue weighted by atomic mass is 32.2. The van der Waals surface area contributed by atoms with Crippen molar-refractivity contribution in [2.24, 2.45) is 0 Å². The van der Waals surface area contributed by atoms with Crippen molar-refractivity contribution in [3.63, 3.8) is 0 Å². The molecular formula is C11H18N4S. The van der Waals surface area contributed by atoms with Crippen LogP contribution in [0.4, 0.5) is 0 Å². The predicted molar refractivity (Wildman–Crippen MR) is 65.9 cm³/mol. The van der Waals surface area contributed by atoms with Crippen molar-refractivity contribution >= 4 is 11.8 Å². The summed E-state index contributed by atoms with van der Waals surface area (Å²) < 4.78 is 0. The lowest BCUT2D eigenvalue weighted by Gasteiger charge is -2.17. The molecule has 88 valence electrons. The lowest BCUT2D eigenvalue weighted by atomic mass is 9.89. The van der Waals surface area contributed by atoms with Gasteiger partial charge in [0.15, 0.2) is 5.82 Å². The summed E-state index contributed by atoms with van der Waals surface area (Å²) in [4.78, 5) is 4.73. The third kappa shape index (κ3) is 1.76. The number of H-pyrrole nitrogens is 1. The average Bonchev–Trinajstić information content (AvgIpc) is 2.98. The van der Waals surface area contributed by atoms with E-state index in [2.05, 4.69) is 22.4 Å². The smallest absolute Gasteiger partial charge is 0.157 e. The number of hydrogen-bond donors (Lipinski definition) is 2.